The highest BCUT2D eigenvalue weighted by Gasteiger charge is 2.23. The summed E-state index contributed by atoms with van der Waals surface area (Å²) in [5.41, 5.74) is 8.80. The number of pyridine rings is 1. The Bertz CT molecular complexity index is 277. The molecule has 1 aromatic rings. The lowest BCUT2D eigenvalue weighted by molar-refractivity contribution is 1.07. The number of anilines is 1. The predicted octanol–water partition coefficient (Wildman–Crippen LogP) is 1.85. The van der Waals surface area contributed by atoms with Crippen LogP contribution in [0.3, 0.4) is 0 Å². The van der Waals surface area contributed by atoms with Gasteiger partial charge in [0, 0.05) is 6.20 Å². The van der Waals surface area contributed by atoms with Crippen molar-refractivity contribution >= 4 is 5.69 Å². The van der Waals surface area contributed by atoms with Gasteiger partial charge in [-0.3, -0.25) is 4.98 Å². The van der Waals surface area contributed by atoms with Gasteiger partial charge in [-0.1, -0.05) is 0 Å². The van der Waals surface area contributed by atoms with Crippen molar-refractivity contribution in [3.8, 4) is 0 Å². The van der Waals surface area contributed by atoms with Crippen LogP contribution < -0.4 is 5.73 Å². The number of nitrogen functional groups attached to an aromatic ring is 1. The van der Waals surface area contributed by atoms with Crippen LogP contribution in [0.4, 0.5) is 5.69 Å². The molecule has 0 unspecified atom stereocenters. The third-order valence-corrected chi connectivity index (χ3v) is 2.20. The summed E-state index contributed by atoms with van der Waals surface area (Å²) in [7, 11) is 0. The Morgan fingerprint density at radius 2 is 2.27 bits per heavy atom. The molecule has 11 heavy (non-hydrogen) atoms. The summed E-state index contributed by atoms with van der Waals surface area (Å²) in [5, 5.41) is 0. The lowest BCUT2D eigenvalue weighted by atomic mass is 10.1. The molecule has 0 aliphatic heterocycles. The molecule has 1 saturated carbocycles. The minimum absolute atomic E-state index is 0.755. The first-order valence-electron chi connectivity index (χ1n) is 3.99. The molecule has 1 heterocycles. The number of nitrogens with two attached hydrogens (primary N) is 1. The van der Waals surface area contributed by atoms with E-state index in [0.29, 0.717) is 0 Å². The molecule has 58 valence electrons. The normalized spacial score (nSPS) is 16.8. The smallest absolute Gasteiger partial charge is 0.0601 e. The lowest BCUT2D eigenvalue weighted by Crippen LogP contribution is -1.94. The van der Waals surface area contributed by atoms with E-state index in [1.54, 1.807) is 0 Å². The fraction of sp³-hybridized carbons (Fsp3) is 0.444. The summed E-state index contributed by atoms with van der Waals surface area (Å²) in [6, 6.07) is 2.06. The standard InChI is InChI=1S/C9H12N2/c1-6-9(10)4-8(5-11-6)7-2-3-7/h4-5,7H,2-3,10H2,1H3. The summed E-state index contributed by atoms with van der Waals surface area (Å²) in [6.45, 7) is 1.94. The van der Waals surface area contributed by atoms with Gasteiger partial charge in [0.2, 0.25) is 0 Å². The van der Waals surface area contributed by atoms with Crippen LogP contribution in [0.15, 0.2) is 12.3 Å². The molecule has 0 atom stereocenters. The van der Waals surface area contributed by atoms with Crippen LogP contribution in [0, 0.1) is 6.92 Å². The lowest BCUT2D eigenvalue weighted by Gasteiger charge is -2.01. The van der Waals surface area contributed by atoms with Crippen molar-refractivity contribution in [2.24, 2.45) is 0 Å². The molecule has 0 spiro atoms. The van der Waals surface area contributed by atoms with E-state index in [1.807, 2.05) is 13.1 Å². The fourth-order valence-corrected chi connectivity index (χ4v) is 1.21. The highest BCUT2D eigenvalue weighted by atomic mass is 14.7. The number of rotatable bonds is 1. The zero-order valence-electron chi connectivity index (χ0n) is 6.67. The van der Waals surface area contributed by atoms with Crippen molar-refractivity contribution in [2.75, 3.05) is 5.73 Å². The highest BCUT2D eigenvalue weighted by Crippen LogP contribution is 2.40. The zero-order valence-corrected chi connectivity index (χ0v) is 6.67. The third kappa shape index (κ3) is 1.20. The quantitative estimate of drug-likeness (QED) is 0.660. The van der Waals surface area contributed by atoms with Crippen LogP contribution in [0.5, 0.6) is 0 Å². The molecule has 0 radical (unpaired) electrons. The van der Waals surface area contributed by atoms with Crippen molar-refractivity contribution in [3.05, 3.63) is 23.5 Å². The van der Waals surface area contributed by atoms with Gasteiger partial charge < -0.3 is 5.73 Å². The highest BCUT2D eigenvalue weighted by molar-refractivity contribution is 5.45. The van der Waals surface area contributed by atoms with Crippen molar-refractivity contribution < 1.29 is 0 Å². The van der Waals surface area contributed by atoms with E-state index in [4.69, 9.17) is 5.73 Å². The molecule has 1 aromatic heterocycles. The number of hydrogen-bond acceptors (Lipinski definition) is 2. The first-order valence-corrected chi connectivity index (χ1v) is 3.99. The second-order valence-electron chi connectivity index (χ2n) is 3.22. The van der Waals surface area contributed by atoms with Crippen LogP contribution >= 0.6 is 0 Å². The second-order valence-corrected chi connectivity index (χ2v) is 3.22. The molecule has 0 saturated heterocycles. The third-order valence-electron chi connectivity index (χ3n) is 2.20. The van der Waals surface area contributed by atoms with E-state index >= 15 is 0 Å². The van der Waals surface area contributed by atoms with Crippen LogP contribution in [0.25, 0.3) is 0 Å². The van der Waals surface area contributed by atoms with Gasteiger partial charge in [0.25, 0.3) is 0 Å². The van der Waals surface area contributed by atoms with E-state index < -0.39 is 0 Å². The molecular weight excluding hydrogens is 136 g/mol. The van der Waals surface area contributed by atoms with Crippen molar-refractivity contribution in [2.45, 2.75) is 25.7 Å². The van der Waals surface area contributed by atoms with Crippen molar-refractivity contribution in [1.82, 2.24) is 4.98 Å². The first-order chi connectivity index (χ1) is 5.27. The van der Waals surface area contributed by atoms with Crippen molar-refractivity contribution in [1.29, 1.82) is 0 Å². The second kappa shape index (κ2) is 2.22. The number of hydrogen-bond donors (Lipinski definition) is 1. The summed E-state index contributed by atoms with van der Waals surface area (Å²) in [4.78, 5) is 4.21. The maximum atomic E-state index is 5.72. The molecule has 2 nitrogen and oxygen atoms in total. The summed E-state index contributed by atoms with van der Waals surface area (Å²) in [5.74, 6) is 0.755. The molecule has 0 bridgehead atoms. The number of aryl methyl sites for hydroxylation is 1. The molecule has 2 rings (SSSR count). The Morgan fingerprint density at radius 1 is 1.55 bits per heavy atom. The van der Waals surface area contributed by atoms with Crippen molar-refractivity contribution in [3.63, 3.8) is 0 Å². The van der Waals surface area contributed by atoms with Gasteiger partial charge in [-0.25, -0.2) is 0 Å². The van der Waals surface area contributed by atoms with Crippen LogP contribution in [0.2, 0.25) is 0 Å². The number of nitrogens with zero attached hydrogens (tertiary/aromatic N) is 1. The first kappa shape index (κ1) is 6.65. The summed E-state index contributed by atoms with van der Waals surface area (Å²) >= 11 is 0. The van der Waals surface area contributed by atoms with Crippen LogP contribution in [0.1, 0.15) is 30.0 Å². The van der Waals surface area contributed by atoms with E-state index in [-0.39, 0.29) is 0 Å². The largest absolute Gasteiger partial charge is 0.397 e. The average Bonchev–Trinajstić information content (AvgIpc) is 2.77. The SMILES string of the molecule is Cc1ncc(C2CC2)cc1N. The Kier molecular flexibility index (Phi) is 1.34. The Morgan fingerprint density at radius 3 is 2.82 bits per heavy atom. The van der Waals surface area contributed by atoms with E-state index in [1.165, 1.54) is 18.4 Å². The Labute approximate surface area is 66.4 Å². The number of aromatic nitrogens is 1. The van der Waals surface area contributed by atoms with Gasteiger partial charge in [-0.2, -0.15) is 0 Å². The fourth-order valence-electron chi connectivity index (χ4n) is 1.21. The maximum absolute atomic E-state index is 5.72. The van der Waals surface area contributed by atoms with Gasteiger partial charge in [0.15, 0.2) is 0 Å². The predicted molar refractivity (Wildman–Crippen MR) is 45.4 cm³/mol. The molecule has 0 amide bonds. The Balaban J connectivity index is 2.36. The minimum atomic E-state index is 0.755. The molecule has 2 N–H and O–H groups in total. The molecule has 1 fully saturated rings. The molecule has 1 aliphatic rings. The van der Waals surface area contributed by atoms with Gasteiger partial charge >= 0.3 is 0 Å². The van der Waals surface area contributed by atoms with Crippen LogP contribution in [-0.2, 0) is 0 Å². The van der Waals surface area contributed by atoms with Gasteiger partial charge in [-0.05, 0) is 37.3 Å². The molecule has 2 heteroatoms. The Hall–Kier alpha value is -1.05. The van der Waals surface area contributed by atoms with Gasteiger partial charge in [0.1, 0.15) is 0 Å². The minimum Gasteiger partial charge on any atom is -0.397 e. The summed E-state index contributed by atoms with van der Waals surface area (Å²) < 4.78 is 0. The molecule has 0 aromatic carbocycles. The van der Waals surface area contributed by atoms with E-state index in [0.717, 1.165) is 17.3 Å². The monoisotopic (exact) mass is 148 g/mol. The zero-order chi connectivity index (χ0) is 7.84. The molecule has 1 aliphatic carbocycles. The van der Waals surface area contributed by atoms with E-state index in [2.05, 4.69) is 11.1 Å². The van der Waals surface area contributed by atoms with Gasteiger partial charge in [-0.15, -0.1) is 0 Å². The summed E-state index contributed by atoms with van der Waals surface area (Å²) in [6.07, 6.45) is 4.57. The van der Waals surface area contributed by atoms with Crippen LogP contribution in [-0.4, -0.2) is 4.98 Å². The topological polar surface area (TPSA) is 38.9 Å². The molecular formula is C9H12N2. The maximum Gasteiger partial charge on any atom is 0.0601 e. The average molecular weight is 148 g/mol. The van der Waals surface area contributed by atoms with Gasteiger partial charge in [0.05, 0.1) is 11.4 Å². The van der Waals surface area contributed by atoms with E-state index in [9.17, 15) is 0 Å².